The number of halogens is 1. The molecule has 0 unspecified atom stereocenters. The molecule has 1 aromatic heterocycles. The average Bonchev–Trinajstić information content (AvgIpc) is 3.07. The third kappa shape index (κ3) is 4.66. The summed E-state index contributed by atoms with van der Waals surface area (Å²) in [5, 5.41) is 10.3. The summed E-state index contributed by atoms with van der Waals surface area (Å²) in [6.45, 7) is 0.303. The predicted molar refractivity (Wildman–Crippen MR) is 111 cm³/mol. The molecule has 1 saturated heterocycles. The zero-order valence-corrected chi connectivity index (χ0v) is 16.7. The summed E-state index contributed by atoms with van der Waals surface area (Å²) in [4.78, 5) is 25.1. The molecule has 1 fully saturated rings. The van der Waals surface area contributed by atoms with E-state index in [1.807, 2.05) is 36.4 Å². The van der Waals surface area contributed by atoms with Crippen molar-refractivity contribution >= 4 is 0 Å². The van der Waals surface area contributed by atoms with Gasteiger partial charge in [0.05, 0.1) is 19.8 Å². The van der Waals surface area contributed by atoms with E-state index in [0.29, 0.717) is 0 Å². The maximum Gasteiger partial charge on any atom is 0.333 e. The van der Waals surface area contributed by atoms with E-state index in [9.17, 15) is 19.1 Å². The van der Waals surface area contributed by atoms with Crippen molar-refractivity contribution in [3.63, 3.8) is 0 Å². The van der Waals surface area contributed by atoms with E-state index in [2.05, 4.69) is 0 Å². The largest absolute Gasteiger partial charge is 0.387 e. The van der Waals surface area contributed by atoms with Crippen molar-refractivity contribution in [1.29, 1.82) is 0 Å². The number of hydrogen-bond acceptors (Lipinski definition) is 5. The van der Waals surface area contributed by atoms with Gasteiger partial charge in [0.15, 0.2) is 12.4 Å². The third-order valence-electron chi connectivity index (χ3n) is 5.24. The van der Waals surface area contributed by atoms with Crippen molar-refractivity contribution in [3.05, 3.63) is 105 Å². The van der Waals surface area contributed by atoms with Crippen LogP contribution in [0.5, 0.6) is 0 Å². The maximum absolute atomic E-state index is 14.8. The normalized spacial score (nSPS) is 23.2. The molecule has 7 nitrogen and oxygen atoms in total. The van der Waals surface area contributed by atoms with Gasteiger partial charge in [0.1, 0.15) is 12.2 Å². The Hall–Kier alpha value is -3.07. The molecule has 0 bridgehead atoms. The number of aromatic nitrogens is 2. The highest BCUT2D eigenvalue weighted by molar-refractivity contribution is 5.15. The molecule has 0 amide bonds. The first-order chi connectivity index (χ1) is 15.0. The number of rotatable bonds is 7. The lowest BCUT2D eigenvalue weighted by molar-refractivity contribution is -0.0687. The number of nitrogens with zero attached hydrogens (tertiary/aromatic N) is 2. The average molecular weight is 426 g/mol. The van der Waals surface area contributed by atoms with Crippen LogP contribution in [0.15, 0.2) is 82.5 Å². The number of benzene rings is 2. The number of hydrogen-bond donors (Lipinski definition) is 1. The SMILES string of the molecule is O=c1ccn([C@@H]2O[C@H](COCc3ccccc3)[C@@H](O)[C@H]2F)c(=O)n1Cc1ccccc1. The summed E-state index contributed by atoms with van der Waals surface area (Å²) in [7, 11) is 0. The third-order valence-corrected chi connectivity index (χ3v) is 5.24. The van der Waals surface area contributed by atoms with E-state index < -0.39 is 35.9 Å². The summed E-state index contributed by atoms with van der Waals surface area (Å²) >= 11 is 0. The van der Waals surface area contributed by atoms with Crippen LogP contribution in [0.4, 0.5) is 4.39 Å². The molecule has 162 valence electrons. The van der Waals surface area contributed by atoms with Gasteiger partial charge in [0, 0.05) is 12.3 Å². The van der Waals surface area contributed by atoms with Gasteiger partial charge in [0.25, 0.3) is 5.56 Å². The number of aliphatic hydroxyl groups excluding tert-OH is 1. The zero-order chi connectivity index (χ0) is 21.8. The highest BCUT2D eigenvalue weighted by Gasteiger charge is 2.45. The molecule has 0 aliphatic carbocycles. The van der Waals surface area contributed by atoms with Crippen molar-refractivity contribution in [1.82, 2.24) is 9.13 Å². The van der Waals surface area contributed by atoms with Crippen molar-refractivity contribution in [2.24, 2.45) is 0 Å². The first kappa shape index (κ1) is 21.2. The molecule has 2 aromatic carbocycles. The van der Waals surface area contributed by atoms with Crippen LogP contribution in [0.2, 0.25) is 0 Å². The second-order valence-electron chi connectivity index (χ2n) is 7.42. The molecule has 8 heteroatoms. The molecule has 0 radical (unpaired) electrons. The van der Waals surface area contributed by atoms with Crippen LogP contribution >= 0.6 is 0 Å². The van der Waals surface area contributed by atoms with E-state index in [4.69, 9.17) is 9.47 Å². The van der Waals surface area contributed by atoms with E-state index in [-0.39, 0.29) is 19.8 Å². The van der Waals surface area contributed by atoms with Gasteiger partial charge in [-0.25, -0.2) is 9.18 Å². The van der Waals surface area contributed by atoms with Gasteiger partial charge in [-0.3, -0.25) is 13.9 Å². The summed E-state index contributed by atoms with van der Waals surface area (Å²) in [6.07, 6.45) is -4.39. The Balaban J connectivity index is 1.49. The van der Waals surface area contributed by atoms with Gasteiger partial charge in [-0.05, 0) is 11.1 Å². The van der Waals surface area contributed by atoms with Crippen LogP contribution in [0.3, 0.4) is 0 Å². The lowest BCUT2D eigenvalue weighted by Crippen LogP contribution is -2.42. The highest BCUT2D eigenvalue weighted by atomic mass is 19.1. The van der Waals surface area contributed by atoms with Crippen molar-refractivity contribution in [3.8, 4) is 0 Å². The Kier molecular flexibility index (Phi) is 6.41. The second kappa shape index (κ2) is 9.38. The second-order valence-corrected chi connectivity index (χ2v) is 7.42. The smallest absolute Gasteiger partial charge is 0.333 e. The molecular weight excluding hydrogens is 403 g/mol. The van der Waals surface area contributed by atoms with E-state index in [1.165, 1.54) is 12.3 Å². The van der Waals surface area contributed by atoms with Gasteiger partial charge in [-0.15, -0.1) is 0 Å². The standard InChI is InChI=1S/C23H23FN2O5/c24-20-21(28)18(15-30-14-17-9-5-2-6-10-17)31-22(20)25-12-11-19(27)26(23(25)29)13-16-7-3-1-4-8-16/h1-12,18,20-22,28H,13-15H2/t18-,20-,21-,22-/m1/s1. The molecule has 0 spiro atoms. The Morgan fingerprint density at radius 1 is 0.968 bits per heavy atom. The van der Waals surface area contributed by atoms with Crippen molar-refractivity contribution in [2.45, 2.75) is 37.8 Å². The van der Waals surface area contributed by atoms with Crippen LogP contribution in [0.25, 0.3) is 0 Å². The van der Waals surface area contributed by atoms with Gasteiger partial charge in [0.2, 0.25) is 0 Å². The fourth-order valence-electron chi connectivity index (χ4n) is 3.57. The summed E-state index contributed by atoms with van der Waals surface area (Å²) in [6, 6.07) is 19.6. The zero-order valence-electron chi connectivity index (χ0n) is 16.7. The molecular formula is C23H23FN2O5. The van der Waals surface area contributed by atoms with Gasteiger partial charge in [-0.2, -0.15) is 0 Å². The quantitative estimate of drug-likeness (QED) is 0.624. The van der Waals surface area contributed by atoms with Crippen LogP contribution in [-0.4, -0.2) is 39.2 Å². The monoisotopic (exact) mass is 426 g/mol. The minimum atomic E-state index is -1.84. The summed E-state index contributed by atoms with van der Waals surface area (Å²) in [5.74, 6) is 0. The Morgan fingerprint density at radius 3 is 2.29 bits per heavy atom. The van der Waals surface area contributed by atoms with Crippen LogP contribution < -0.4 is 11.2 Å². The summed E-state index contributed by atoms with van der Waals surface area (Å²) in [5.41, 5.74) is 0.493. The van der Waals surface area contributed by atoms with Crippen LogP contribution in [0, 0.1) is 0 Å². The maximum atomic E-state index is 14.8. The summed E-state index contributed by atoms with van der Waals surface area (Å²) < 4.78 is 28.0. The topological polar surface area (TPSA) is 82.7 Å². The Labute approximate surface area is 177 Å². The first-order valence-electron chi connectivity index (χ1n) is 10.00. The molecule has 3 aromatic rings. The lowest BCUT2D eigenvalue weighted by Gasteiger charge is -2.18. The van der Waals surface area contributed by atoms with Gasteiger partial charge >= 0.3 is 5.69 Å². The van der Waals surface area contributed by atoms with Gasteiger partial charge < -0.3 is 14.6 Å². The van der Waals surface area contributed by atoms with Crippen LogP contribution in [-0.2, 0) is 22.6 Å². The van der Waals surface area contributed by atoms with E-state index >= 15 is 0 Å². The Bertz CT molecular complexity index is 1120. The molecule has 1 N–H and O–H groups in total. The molecule has 1 aliphatic rings. The number of ether oxygens (including phenoxy) is 2. The molecule has 4 rings (SSSR count). The van der Waals surface area contributed by atoms with E-state index in [1.54, 1.807) is 24.3 Å². The molecule has 2 heterocycles. The molecule has 0 saturated carbocycles. The van der Waals surface area contributed by atoms with Gasteiger partial charge in [-0.1, -0.05) is 60.7 Å². The highest BCUT2D eigenvalue weighted by Crippen LogP contribution is 2.31. The van der Waals surface area contributed by atoms with E-state index in [0.717, 1.165) is 20.3 Å². The fourth-order valence-corrected chi connectivity index (χ4v) is 3.57. The first-order valence-corrected chi connectivity index (χ1v) is 10.00. The minimum absolute atomic E-state index is 0.0363. The van der Waals surface area contributed by atoms with Crippen molar-refractivity contribution in [2.75, 3.05) is 6.61 Å². The van der Waals surface area contributed by atoms with Crippen molar-refractivity contribution < 1.29 is 19.0 Å². The predicted octanol–water partition coefficient (Wildman–Crippen LogP) is 1.87. The number of alkyl halides is 1. The molecule has 4 atom stereocenters. The molecule has 31 heavy (non-hydrogen) atoms. The molecule has 1 aliphatic heterocycles. The fraction of sp³-hybridized carbons (Fsp3) is 0.304. The lowest BCUT2D eigenvalue weighted by atomic mass is 10.1. The van der Waals surface area contributed by atoms with Crippen LogP contribution in [0.1, 0.15) is 17.4 Å². The number of aliphatic hydroxyl groups is 1. The minimum Gasteiger partial charge on any atom is -0.387 e. The Morgan fingerprint density at radius 2 is 1.61 bits per heavy atom.